The van der Waals surface area contributed by atoms with Gasteiger partial charge in [-0.3, -0.25) is 9.89 Å². The summed E-state index contributed by atoms with van der Waals surface area (Å²) in [6.45, 7) is 5.58. The second kappa shape index (κ2) is 8.22. The topological polar surface area (TPSA) is 56.9 Å². The van der Waals surface area contributed by atoms with Gasteiger partial charge in [-0.15, -0.1) is 0 Å². The van der Waals surface area contributed by atoms with Crippen molar-refractivity contribution in [2.45, 2.75) is 13.1 Å². The van der Waals surface area contributed by atoms with Crippen molar-refractivity contribution in [3.8, 4) is 0 Å². The van der Waals surface area contributed by atoms with Crippen molar-refractivity contribution in [2.24, 2.45) is 4.99 Å². The summed E-state index contributed by atoms with van der Waals surface area (Å²) in [5.74, 6) is 0.919. The quantitative estimate of drug-likeness (QED) is 0.571. The van der Waals surface area contributed by atoms with Gasteiger partial charge in [0.1, 0.15) is 12.0 Å². The molecule has 4 rings (SSSR count). The lowest BCUT2D eigenvalue weighted by Crippen LogP contribution is -2.52. The Morgan fingerprint density at radius 1 is 1.07 bits per heavy atom. The molecule has 0 aliphatic carbocycles. The van der Waals surface area contributed by atoms with Crippen molar-refractivity contribution in [3.63, 3.8) is 0 Å². The maximum atomic E-state index is 4.88. The van der Waals surface area contributed by atoms with Crippen molar-refractivity contribution in [2.75, 3.05) is 33.2 Å². The molecule has 27 heavy (non-hydrogen) atoms. The van der Waals surface area contributed by atoms with Crippen molar-refractivity contribution in [1.29, 1.82) is 0 Å². The fraction of sp³-hybridized carbons (Fsp3) is 0.333. The van der Waals surface area contributed by atoms with Crippen LogP contribution in [0.4, 0.5) is 0 Å². The summed E-state index contributed by atoms with van der Waals surface area (Å²) >= 11 is 0. The monoisotopic (exact) mass is 363 g/mol. The summed E-state index contributed by atoms with van der Waals surface area (Å²) in [5.41, 5.74) is 2.28. The molecule has 2 aromatic carbocycles. The Hall–Kier alpha value is -2.86. The van der Waals surface area contributed by atoms with Crippen LogP contribution in [-0.2, 0) is 13.1 Å². The number of rotatable bonds is 4. The lowest BCUT2D eigenvalue weighted by Gasteiger charge is -2.36. The number of benzene rings is 2. The van der Waals surface area contributed by atoms with Crippen LogP contribution in [0.3, 0.4) is 0 Å². The zero-order chi connectivity index (χ0) is 18.5. The van der Waals surface area contributed by atoms with E-state index in [0.717, 1.165) is 44.4 Å². The van der Waals surface area contributed by atoms with Crippen molar-refractivity contribution < 1.29 is 4.52 Å². The molecule has 0 bridgehead atoms. The molecule has 0 saturated carbocycles. The van der Waals surface area contributed by atoms with Crippen LogP contribution in [0.25, 0.3) is 10.8 Å². The highest BCUT2D eigenvalue weighted by Gasteiger charge is 2.20. The van der Waals surface area contributed by atoms with Crippen molar-refractivity contribution >= 4 is 16.7 Å². The van der Waals surface area contributed by atoms with E-state index in [-0.39, 0.29) is 0 Å². The Morgan fingerprint density at radius 2 is 1.89 bits per heavy atom. The van der Waals surface area contributed by atoms with E-state index < -0.39 is 0 Å². The third kappa shape index (κ3) is 4.11. The van der Waals surface area contributed by atoms with Crippen LogP contribution in [0.5, 0.6) is 0 Å². The lowest BCUT2D eigenvalue weighted by atomic mass is 10.0. The maximum Gasteiger partial charge on any atom is 0.194 e. The fourth-order valence-electron chi connectivity index (χ4n) is 3.62. The molecule has 0 radical (unpaired) electrons. The third-order valence-corrected chi connectivity index (χ3v) is 5.08. The molecule has 1 N–H and O–H groups in total. The summed E-state index contributed by atoms with van der Waals surface area (Å²) in [6.07, 6.45) is 1.59. The molecule has 1 fully saturated rings. The molecular formula is C21H25N5O. The Labute approximate surface area is 159 Å². The van der Waals surface area contributed by atoms with Gasteiger partial charge in [-0.2, -0.15) is 0 Å². The molecule has 1 saturated heterocycles. The van der Waals surface area contributed by atoms with Crippen LogP contribution in [-0.4, -0.2) is 54.1 Å². The van der Waals surface area contributed by atoms with Crippen molar-refractivity contribution in [1.82, 2.24) is 20.3 Å². The lowest BCUT2D eigenvalue weighted by molar-refractivity contribution is 0.173. The highest BCUT2D eigenvalue weighted by molar-refractivity contribution is 5.85. The fourth-order valence-corrected chi connectivity index (χ4v) is 3.62. The molecule has 6 nitrogen and oxygen atoms in total. The van der Waals surface area contributed by atoms with Gasteiger partial charge in [0, 0.05) is 45.8 Å². The van der Waals surface area contributed by atoms with Gasteiger partial charge in [0.05, 0.1) is 6.54 Å². The van der Waals surface area contributed by atoms with Crippen molar-refractivity contribution in [3.05, 3.63) is 66.1 Å². The highest BCUT2D eigenvalue weighted by Crippen LogP contribution is 2.20. The van der Waals surface area contributed by atoms with Crippen LogP contribution in [0, 0.1) is 0 Å². The second-order valence-corrected chi connectivity index (χ2v) is 6.79. The molecule has 2 heterocycles. The van der Waals surface area contributed by atoms with Gasteiger partial charge >= 0.3 is 0 Å². The van der Waals surface area contributed by atoms with E-state index in [1.807, 2.05) is 13.1 Å². The SMILES string of the molecule is CN=C(NCc1ccon1)N1CCN(Cc2cccc3ccccc23)CC1. The number of guanidine groups is 1. The first-order chi connectivity index (χ1) is 13.3. The van der Waals surface area contributed by atoms with Gasteiger partial charge in [0.2, 0.25) is 0 Å². The number of fused-ring (bicyclic) bond motifs is 1. The third-order valence-electron chi connectivity index (χ3n) is 5.08. The number of hydrogen-bond acceptors (Lipinski definition) is 4. The Kier molecular flexibility index (Phi) is 5.34. The van der Waals surface area contributed by atoms with E-state index in [1.165, 1.54) is 16.3 Å². The minimum atomic E-state index is 0.624. The highest BCUT2D eigenvalue weighted by atomic mass is 16.5. The summed E-state index contributed by atoms with van der Waals surface area (Å²) < 4.78 is 4.88. The smallest absolute Gasteiger partial charge is 0.194 e. The van der Waals surface area contributed by atoms with E-state index in [0.29, 0.717) is 6.54 Å². The molecular weight excluding hydrogens is 338 g/mol. The normalized spacial score (nSPS) is 16.0. The second-order valence-electron chi connectivity index (χ2n) is 6.79. The number of piperazine rings is 1. The predicted molar refractivity (Wildman–Crippen MR) is 107 cm³/mol. The van der Waals surface area contributed by atoms with Crippen LogP contribution in [0.15, 0.2) is 64.3 Å². The van der Waals surface area contributed by atoms with E-state index in [1.54, 1.807) is 6.26 Å². The molecule has 0 atom stereocenters. The van der Waals surface area contributed by atoms with Gasteiger partial charge in [0.15, 0.2) is 5.96 Å². The van der Waals surface area contributed by atoms with E-state index >= 15 is 0 Å². The average Bonchev–Trinajstić information content (AvgIpc) is 3.23. The van der Waals surface area contributed by atoms with Crippen LogP contribution in [0.1, 0.15) is 11.3 Å². The predicted octanol–water partition coefficient (Wildman–Crippen LogP) is 2.72. The molecule has 1 aromatic heterocycles. The van der Waals surface area contributed by atoms with E-state index in [4.69, 9.17) is 4.52 Å². The average molecular weight is 363 g/mol. The van der Waals surface area contributed by atoms with Gasteiger partial charge in [-0.25, -0.2) is 0 Å². The first-order valence-corrected chi connectivity index (χ1v) is 9.37. The standard InChI is InChI=1S/C21H25N5O/c1-22-21(23-15-19-9-14-27-24-19)26-12-10-25(11-13-26)16-18-7-4-6-17-5-2-3-8-20(17)18/h2-9,14H,10-13,15-16H2,1H3,(H,22,23). The van der Waals surface area contributed by atoms with Gasteiger partial charge < -0.3 is 14.7 Å². The van der Waals surface area contributed by atoms with E-state index in [9.17, 15) is 0 Å². The zero-order valence-corrected chi connectivity index (χ0v) is 15.6. The number of nitrogens with one attached hydrogen (secondary N) is 1. The van der Waals surface area contributed by atoms with Crippen LogP contribution < -0.4 is 5.32 Å². The zero-order valence-electron chi connectivity index (χ0n) is 15.6. The molecule has 0 amide bonds. The largest absolute Gasteiger partial charge is 0.364 e. The minimum Gasteiger partial charge on any atom is -0.364 e. The first kappa shape index (κ1) is 17.5. The molecule has 1 aliphatic heterocycles. The minimum absolute atomic E-state index is 0.624. The number of aliphatic imine (C=N–C) groups is 1. The van der Waals surface area contributed by atoms with Gasteiger partial charge in [-0.1, -0.05) is 47.6 Å². The van der Waals surface area contributed by atoms with Crippen LogP contribution in [0.2, 0.25) is 0 Å². The summed E-state index contributed by atoms with van der Waals surface area (Å²) in [6, 6.07) is 17.1. The molecule has 0 spiro atoms. The van der Waals surface area contributed by atoms with Crippen LogP contribution >= 0.6 is 0 Å². The Bertz CT molecular complexity index is 893. The first-order valence-electron chi connectivity index (χ1n) is 9.37. The number of aromatic nitrogens is 1. The molecule has 140 valence electrons. The molecule has 0 unspecified atom stereocenters. The van der Waals surface area contributed by atoms with Gasteiger partial charge in [0.25, 0.3) is 0 Å². The molecule has 3 aromatic rings. The molecule has 1 aliphatic rings. The molecule has 6 heteroatoms. The van der Waals surface area contributed by atoms with Gasteiger partial charge in [-0.05, 0) is 16.3 Å². The maximum absolute atomic E-state index is 4.88. The summed E-state index contributed by atoms with van der Waals surface area (Å²) in [5, 5.41) is 9.96. The Balaban J connectivity index is 1.34. The number of nitrogens with zero attached hydrogens (tertiary/aromatic N) is 4. The number of hydrogen-bond donors (Lipinski definition) is 1. The summed E-state index contributed by atoms with van der Waals surface area (Å²) in [4.78, 5) is 9.24. The van der Waals surface area contributed by atoms with E-state index in [2.05, 4.69) is 67.7 Å². The Morgan fingerprint density at radius 3 is 2.67 bits per heavy atom. The summed E-state index contributed by atoms with van der Waals surface area (Å²) in [7, 11) is 1.83.